The lowest BCUT2D eigenvalue weighted by Crippen LogP contribution is -1.90. The molecule has 0 aliphatic heterocycles. The van der Waals surface area contributed by atoms with E-state index in [0.717, 1.165) is 6.07 Å². The van der Waals surface area contributed by atoms with Gasteiger partial charge in [0.2, 0.25) is 0 Å². The Balaban J connectivity index is 2.60. The molecule has 1 nitrogen and oxygen atoms in total. The zero-order valence-corrected chi connectivity index (χ0v) is 11.2. The first-order valence-electron chi connectivity index (χ1n) is 4.92. The Morgan fingerprint density at radius 2 is 1.67 bits per heavy atom. The molecule has 0 N–H and O–H groups in total. The summed E-state index contributed by atoms with van der Waals surface area (Å²) in [6, 6.07) is 7.22. The predicted molar refractivity (Wildman–Crippen MR) is 72.3 cm³/mol. The van der Waals surface area contributed by atoms with Crippen LogP contribution in [0.15, 0.2) is 30.3 Å². The normalized spacial score (nSPS) is 10.4. The van der Waals surface area contributed by atoms with Crippen molar-refractivity contribution in [1.29, 1.82) is 0 Å². The monoisotopic (exact) mass is 302 g/mol. The maximum absolute atomic E-state index is 13.8. The van der Waals surface area contributed by atoms with E-state index in [1.807, 2.05) is 0 Å². The molecule has 0 heterocycles. The van der Waals surface area contributed by atoms with Crippen molar-refractivity contribution < 1.29 is 9.18 Å². The van der Waals surface area contributed by atoms with E-state index in [9.17, 15) is 9.18 Å². The predicted octanol–water partition coefficient (Wildman–Crippen LogP) is 5.27. The third-order valence-electron chi connectivity index (χ3n) is 2.44. The molecule has 0 aliphatic carbocycles. The van der Waals surface area contributed by atoms with Gasteiger partial charge in [0.15, 0.2) is 6.29 Å². The summed E-state index contributed by atoms with van der Waals surface area (Å²) in [6.07, 6.45) is 0.504. The number of carbonyl (C=O) groups is 1. The minimum atomic E-state index is -0.542. The second-order valence-electron chi connectivity index (χ2n) is 3.60. The van der Waals surface area contributed by atoms with Crippen LogP contribution in [-0.2, 0) is 0 Å². The highest BCUT2D eigenvalue weighted by atomic mass is 35.5. The van der Waals surface area contributed by atoms with E-state index >= 15 is 0 Å². The van der Waals surface area contributed by atoms with E-state index in [2.05, 4.69) is 0 Å². The van der Waals surface area contributed by atoms with E-state index in [4.69, 9.17) is 34.8 Å². The van der Waals surface area contributed by atoms with Crippen molar-refractivity contribution in [2.45, 2.75) is 0 Å². The number of halogens is 4. The highest BCUT2D eigenvalue weighted by Gasteiger charge is 2.11. The third kappa shape index (κ3) is 2.51. The Morgan fingerprint density at radius 1 is 0.944 bits per heavy atom. The average molecular weight is 304 g/mol. The van der Waals surface area contributed by atoms with Gasteiger partial charge in [-0.25, -0.2) is 4.39 Å². The molecule has 18 heavy (non-hydrogen) atoms. The summed E-state index contributed by atoms with van der Waals surface area (Å²) >= 11 is 17.5. The standard InChI is InChI=1S/C13H6Cl3FO/c14-10-2-1-7(3-12(10)16)9-5-11(15)8(6-18)4-13(9)17/h1-6H. The first-order valence-corrected chi connectivity index (χ1v) is 6.06. The van der Waals surface area contributed by atoms with Gasteiger partial charge in [-0.3, -0.25) is 4.79 Å². The molecule has 92 valence electrons. The van der Waals surface area contributed by atoms with Crippen LogP contribution in [0.4, 0.5) is 4.39 Å². The van der Waals surface area contributed by atoms with Crippen molar-refractivity contribution in [3.05, 3.63) is 56.8 Å². The fourth-order valence-electron chi connectivity index (χ4n) is 1.54. The summed E-state index contributed by atoms with van der Waals surface area (Å²) < 4.78 is 13.8. The minimum Gasteiger partial charge on any atom is -0.298 e. The second kappa shape index (κ2) is 5.27. The van der Waals surface area contributed by atoms with Crippen LogP contribution in [0.1, 0.15) is 10.4 Å². The van der Waals surface area contributed by atoms with Gasteiger partial charge >= 0.3 is 0 Å². The molecule has 0 radical (unpaired) electrons. The Bertz CT molecular complexity index is 626. The van der Waals surface area contributed by atoms with Gasteiger partial charge in [-0.1, -0.05) is 40.9 Å². The molecule has 2 aromatic rings. The van der Waals surface area contributed by atoms with Crippen LogP contribution in [-0.4, -0.2) is 6.29 Å². The highest BCUT2D eigenvalue weighted by Crippen LogP contribution is 2.32. The van der Waals surface area contributed by atoms with Crippen molar-refractivity contribution in [3.63, 3.8) is 0 Å². The SMILES string of the molecule is O=Cc1cc(F)c(-c2ccc(Cl)c(Cl)c2)cc1Cl. The topological polar surface area (TPSA) is 17.1 Å². The molecule has 0 spiro atoms. The van der Waals surface area contributed by atoms with Crippen LogP contribution in [0.5, 0.6) is 0 Å². The smallest absolute Gasteiger partial charge is 0.151 e. The van der Waals surface area contributed by atoms with Crippen LogP contribution < -0.4 is 0 Å². The molecule has 2 rings (SSSR count). The van der Waals surface area contributed by atoms with Crippen molar-refractivity contribution in [2.75, 3.05) is 0 Å². The van der Waals surface area contributed by atoms with Crippen LogP contribution in [0.3, 0.4) is 0 Å². The summed E-state index contributed by atoms with van der Waals surface area (Å²) in [5, 5.41) is 0.896. The molecule has 0 saturated carbocycles. The van der Waals surface area contributed by atoms with E-state index < -0.39 is 5.82 Å². The molecular formula is C13H6Cl3FO. The van der Waals surface area contributed by atoms with Gasteiger partial charge in [0.1, 0.15) is 5.82 Å². The third-order valence-corrected chi connectivity index (χ3v) is 3.51. The van der Waals surface area contributed by atoms with Crippen molar-refractivity contribution in [1.82, 2.24) is 0 Å². The van der Waals surface area contributed by atoms with E-state index in [1.165, 1.54) is 6.07 Å². The Kier molecular flexibility index (Phi) is 3.91. The fourth-order valence-corrected chi connectivity index (χ4v) is 2.04. The Labute approximate surface area is 118 Å². The van der Waals surface area contributed by atoms with E-state index in [1.54, 1.807) is 18.2 Å². The quantitative estimate of drug-likeness (QED) is 0.691. The van der Waals surface area contributed by atoms with E-state index in [-0.39, 0.29) is 16.1 Å². The molecule has 0 saturated heterocycles. The lowest BCUT2D eigenvalue weighted by Gasteiger charge is -2.07. The Morgan fingerprint density at radius 3 is 2.28 bits per heavy atom. The molecule has 0 bridgehead atoms. The number of carbonyl (C=O) groups excluding carboxylic acids is 1. The van der Waals surface area contributed by atoms with Crippen LogP contribution >= 0.6 is 34.8 Å². The maximum Gasteiger partial charge on any atom is 0.151 e. The minimum absolute atomic E-state index is 0.109. The molecule has 2 aromatic carbocycles. The summed E-state index contributed by atoms with van der Waals surface area (Å²) in [5.41, 5.74) is 0.920. The number of aldehydes is 1. The van der Waals surface area contributed by atoms with Crippen molar-refractivity contribution >= 4 is 41.1 Å². The van der Waals surface area contributed by atoms with Gasteiger partial charge in [0, 0.05) is 11.1 Å². The number of hydrogen-bond donors (Lipinski definition) is 0. The second-order valence-corrected chi connectivity index (χ2v) is 4.82. The van der Waals surface area contributed by atoms with Crippen molar-refractivity contribution in [2.24, 2.45) is 0 Å². The lowest BCUT2D eigenvalue weighted by atomic mass is 10.0. The van der Waals surface area contributed by atoms with Gasteiger partial charge in [0.25, 0.3) is 0 Å². The van der Waals surface area contributed by atoms with Crippen LogP contribution in [0.2, 0.25) is 15.1 Å². The van der Waals surface area contributed by atoms with Gasteiger partial charge in [-0.15, -0.1) is 0 Å². The number of hydrogen-bond acceptors (Lipinski definition) is 1. The molecule has 0 unspecified atom stereocenters. The number of benzene rings is 2. The summed E-state index contributed by atoms with van der Waals surface area (Å²) in [4.78, 5) is 10.6. The molecule has 0 fully saturated rings. The summed E-state index contributed by atoms with van der Waals surface area (Å²) in [5.74, 6) is -0.542. The molecule has 0 aromatic heterocycles. The largest absolute Gasteiger partial charge is 0.298 e. The first-order chi connectivity index (χ1) is 8.52. The molecule has 5 heteroatoms. The van der Waals surface area contributed by atoms with E-state index in [0.29, 0.717) is 21.9 Å². The van der Waals surface area contributed by atoms with Gasteiger partial charge in [-0.2, -0.15) is 0 Å². The average Bonchev–Trinajstić information content (AvgIpc) is 2.35. The Hall–Kier alpha value is -1.09. The summed E-state index contributed by atoms with van der Waals surface area (Å²) in [6.45, 7) is 0. The number of rotatable bonds is 2. The highest BCUT2D eigenvalue weighted by molar-refractivity contribution is 6.42. The molecule has 0 atom stereocenters. The van der Waals surface area contributed by atoms with Gasteiger partial charge in [-0.05, 0) is 29.8 Å². The zero-order valence-electron chi connectivity index (χ0n) is 8.88. The molecular weight excluding hydrogens is 297 g/mol. The fraction of sp³-hybridized carbons (Fsp3) is 0. The lowest BCUT2D eigenvalue weighted by molar-refractivity contribution is 0.112. The maximum atomic E-state index is 13.8. The molecule has 0 aliphatic rings. The van der Waals surface area contributed by atoms with Crippen LogP contribution in [0, 0.1) is 5.82 Å². The first kappa shape index (κ1) is 13.3. The van der Waals surface area contributed by atoms with Gasteiger partial charge < -0.3 is 0 Å². The van der Waals surface area contributed by atoms with Crippen molar-refractivity contribution in [3.8, 4) is 11.1 Å². The summed E-state index contributed by atoms with van der Waals surface area (Å²) in [7, 11) is 0. The zero-order chi connectivity index (χ0) is 13.3. The molecule has 0 amide bonds. The van der Waals surface area contributed by atoms with Crippen LogP contribution in [0.25, 0.3) is 11.1 Å². The van der Waals surface area contributed by atoms with Gasteiger partial charge in [0.05, 0.1) is 15.1 Å².